The summed E-state index contributed by atoms with van der Waals surface area (Å²) < 4.78 is 14.6. The highest BCUT2D eigenvalue weighted by molar-refractivity contribution is 6.30. The van der Waals surface area contributed by atoms with Crippen molar-refractivity contribution < 1.29 is 9.47 Å². The van der Waals surface area contributed by atoms with Gasteiger partial charge in [0.1, 0.15) is 17.8 Å². The molecule has 1 aromatic carbocycles. The quantitative estimate of drug-likeness (QED) is 0.524. The maximum Gasteiger partial charge on any atom is 0.213 e. The van der Waals surface area contributed by atoms with Crippen LogP contribution in [0.2, 0.25) is 5.02 Å². The molecule has 1 fully saturated rings. The van der Waals surface area contributed by atoms with Gasteiger partial charge in [0.05, 0.1) is 17.9 Å². The summed E-state index contributed by atoms with van der Waals surface area (Å²) in [6, 6.07) is 11.9. The third-order valence-corrected chi connectivity index (χ3v) is 6.56. The summed E-state index contributed by atoms with van der Waals surface area (Å²) >= 11 is 6.36. The molecule has 2 aromatic heterocycles. The minimum Gasteiger partial charge on any atom is -0.474 e. The van der Waals surface area contributed by atoms with Crippen molar-refractivity contribution in [2.45, 2.75) is 76.6 Å². The van der Waals surface area contributed by atoms with Crippen LogP contribution >= 0.6 is 11.6 Å². The number of nitrogens with zero attached hydrogens (tertiary/aromatic N) is 4. The molecule has 3 heterocycles. The van der Waals surface area contributed by atoms with Crippen LogP contribution < -0.4 is 4.74 Å². The van der Waals surface area contributed by atoms with Crippen LogP contribution in [0.1, 0.15) is 62.7 Å². The molecule has 6 nitrogen and oxygen atoms in total. The van der Waals surface area contributed by atoms with E-state index >= 15 is 0 Å². The molecule has 0 bridgehead atoms. The molecule has 7 heteroatoms. The molecule has 1 atom stereocenters. The first-order valence-corrected chi connectivity index (χ1v) is 11.9. The van der Waals surface area contributed by atoms with Crippen molar-refractivity contribution >= 4 is 11.6 Å². The summed E-state index contributed by atoms with van der Waals surface area (Å²) in [5.74, 6) is 3.07. The topological polar surface area (TPSA) is 62.1 Å². The van der Waals surface area contributed by atoms with Crippen LogP contribution in [0.5, 0.6) is 5.88 Å². The number of pyridine rings is 1. The van der Waals surface area contributed by atoms with Gasteiger partial charge >= 0.3 is 0 Å². The molecule has 32 heavy (non-hydrogen) atoms. The first-order chi connectivity index (χ1) is 15.6. The molecular formula is C25H29ClN4O2. The van der Waals surface area contributed by atoms with Gasteiger partial charge in [-0.3, -0.25) is 4.57 Å². The monoisotopic (exact) mass is 452 g/mol. The molecule has 0 radical (unpaired) electrons. The summed E-state index contributed by atoms with van der Waals surface area (Å²) in [5, 5.41) is 10.0. The number of hydrogen-bond donors (Lipinski definition) is 0. The molecule has 3 aromatic rings. The molecular weight excluding hydrogens is 424 g/mol. The minimum atomic E-state index is 0.0630. The van der Waals surface area contributed by atoms with E-state index < -0.39 is 0 Å². The van der Waals surface area contributed by atoms with E-state index in [2.05, 4.69) is 45.7 Å². The van der Waals surface area contributed by atoms with Crippen LogP contribution in [0.25, 0.3) is 5.69 Å². The Kier molecular flexibility index (Phi) is 6.15. The summed E-state index contributed by atoms with van der Waals surface area (Å²) in [6.07, 6.45) is 7.76. The molecule has 1 aliphatic heterocycles. The zero-order valence-corrected chi connectivity index (χ0v) is 19.3. The van der Waals surface area contributed by atoms with Crippen molar-refractivity contribution in [1.29, 1.82) is 0 Å². The average Bonchev–Trinajstić information content (AvgIpc) is 3.11. The Bertz CT molecular complexity index is 1060. The fourth-order valence-electron chi connectivity index (χ4n) is 4.95. The van der Waals surface area contributed by atoms with Gasteiger partial charge in [0.2, 0.25) is 5.88 Å². The fourth-order valence-corrected chi connectivity index (χ4v) is 5.15. The van der Waals surface area contributed by atoms with Crippen molar-refractivity contribution in [1.82, 2.24) is 19.7 Å². The molecule has 5 rings (SSSR count). The van der Waals surface area contributed by atoms with Gasteiger partial charge in [0.25, 0.3) is 0 Å². The van der Waals surface area contributed by atoms with Crippen molar-refractivity contribution in [3.8, 4) is 11.6 Å². The van der Waals surface area contributed by atoms with Gasteiger partial charge in [-0.1, -0.05) is 17.7 Å². The van der Waals surface area contributed by atoms with Crippen LogP contribution in [-0.4, -0.2) is 38.1 Å². The predicted molar refractivity (Wildman–Crippen MR) is 124 cm³/mol. The first-order valence-electron chi connectivity index (χ1n) is 11.5. The lowest BCUT2D eigenvalue weighted by molar-refractivity contribution is 0.00837. The Labute approximate surface area is 193 Å². The zero-order valence-electron chi connectivity index (χ0n) is 18.6. The summed E-state index contributed by atoms with van der Waals surface area (Å²) in [5.41, 5.74) is 2.32. The summed E-state index contributed by atoms with van der Waals surface area (Å²) in [7, 11) is 0. The van der Waals surface area contributed by atoms with Crippen molar-refractivity contribution in [3.63, 3.8) is 0 Å². The lowest BCUT2D eigenvalue weighted by atomic mass is 9.86. The van der Waals surface area contributed by atoms with Crippen molar-refractivity contribution in [2.75, 3.05) is 0 Å². The molecule has 1 saturated carbocycles. The van der Waals surface area contributed by atoms with E-state index in [-0.39, 0.29) is 18.3 Å². The maximum absolute atomic E-state index is 6.36. The third-order valence-electron chi connectivity index (χ3n) is 6.32. The van der Waals surface area contributed by atoms with Gasteiger partial charge in [-0.15, -0.1) is 10.2 Å². The number of fused-ring (bicyclic) bond motifs is 3. The van der Waals surface area contributed by atoms with E-state index in [4.69, 9.17) is 21.1 Å². The molecule has 0 N–H and O–H groups in total. The standard InChI is InChI=1S/C25H29ClN4O2/c1-16(2)31-21-14-18-13-19(26)8-11-22(18)30-23(15-21)28-29-25(30)17-6-9-20(10-7-17)32-24-5-3-4-12-27-24/h3-5,8,11-13,16-17,20-21H,6-7,9-10,14-15H2,1-2H3. The van der Waals surface area contributed by atoms with Crippen molar-refractivity contribution in [3.05, 3.63) is 64.8 Å². The minimum absolute atomic E-state index is 0.0630. The van der Waals surface area contributed by atoms with E-state index in [1.165, 1.54) is 5.56 Å². The maximum atomic E-state index is 6.36. The Balaban J connectivity index is 1.39. The van der Waals surface area contributed by atoms with Crippen LogP contribution in [0, 0.1) is 0 Å². The van der Waals surface area contributed by atoms with E-state index in [0.29, 0.717) is 11.8 Å². The molecule has 2 aliphatic rings. The Morgan fingerprint density at radius 3 is 2.59 bits per heavy atom. The van der Waals surface area contributed by atoms with Crippen LogP contribution in [0.15, 0.2) is 42.6 Å². The lowest BCUT2D eigenvalue weighted by Gasteiger charge is -2.28. The first kappa shape index (κ1) is 21.4. The number of hydrogen-bond acceptors (Lipinski definition) is 5. The SMILES string of the molecule is CC(C)OC1Cc2cc(Cl)ccc2-n2c(nnc2C2CCC(Oc3ccccn3)CC2)C1. The Morgan fingerprint density at radius 1 is 1.00 bits per heavy atom. The number of ether oxygens (including phenoxy) is 2. The van der Waals surface area contributed by atoms with E-state index in [9.17, 15) is 0 Å². The number of benzene rings is 1. The normalized spacial score (nSPS) is 22.8. The van der Waals surface area contributed by atoms with Crippen LogP contribution in [0.4, 0.5) is 0 Å². The highest BCUT2D eigenvalue weighted by atomic mass is 35.5. The van der Waals surface area contributed by atoms with E-state index in [0.717, 1.165) is 60.9 Å². The average molecular weight is 453 g/mol. The Morgan fingerprint density at radius 2 is 1.84 bits per heavy atom. The van der Waals surface area contributed by atoms with Gasteiger partial charge in [-0.25, -0.2) is 4.98 Å². The lowest BCUT2D eigenvalue weighted by Crippen LogP contribution is -2.25. The fraction of sp³-hybridized carbons (Fsp3) is 0.480. The molecule has 0 amide bonds. The smallest absolute Gasteiger partial charge is 0.213 e. The summed E-state index contributed by atoms with van der Waals surface area (Å²) in [4.78, 5) is 4.30. The van der Waals surface area contributed by atoms with E-state index in [1.807, 2.05) is 24.3 Å². The summed E-state index contributed by atoms with van der Waals surface area (Å²) in [6.45, 7) is 4.15. The second-order valence-corrected chi connectivity index (χ2v) is 9.49. The van der Waals surface area contributed by atoms with Gasteiger partial charge < -0.3 is 9.47 Å². The molecule has 0 saturated heterocycles. The highest BCUT2D eigenvalue weighted by Gasteiger charge is 2.32. The molecule has 168 valence electrons. The number of halogens is 1. The predicted octanol–water partition coefficient (Wildman–Crippen LogP) is 5.31. The zero-order chi connectivity index (χ0) is 22.1. The Hall–Kier alpha value is -2.44. The van der Waals surface area contributed by atoms with Crippen LogP contribution in [0.3, 0.4) is 0 Å². The van der Waals surface area contributed by atoms with Crippen molar-refractivity contribution in [2.24, 2.45) is 0 Å². The third kappa shape index (κ3) is 4.52. The highest BCUT2D eigenvalue weighted by Crippen LogP contribution is 2.37. The number of aromatic nitrogens is 4. The van der Waals surface area contributed by atoms with Gasteiger partial charge in [0, 0.05) is 36.0 Å². The van der Waals surface area contributed by atoms with Crippen LogP contribution in [-0.2, 0) is 17.6 Å². The molecule has 1 aliphatic carbocycles. The second-order valence-electron chi connectivity index (χ2n) is 9.06. The molecule has 1 unspecified atom stereocenters. The largest absolute Gasteiger partial charge is 0.474 e. The second kappa shape index (κ2) is 9.20. The number of rotatable bonds is 5. The molecule has 0 spiro atoms. The van der Waals surface area contributed by atoms with E-state index in [1.54, 1.807) is 6.20 Å². The van der Waals surface area contributed by atoms with Gasteiger partial charge in [-0.05, 0) is 69.4 Å². The van der Waals surface area contributed by atoms with Gasteiger partial charge in [-0.2, -0.15) is 0 Å². The van der Waals surface area contributed by atoms with Gasteiger partial charge in [0.15, 0.2) is 0 Å².